The zero-order chi connectivity index (χ0) is 14.5. The molecule has 2 rings (SSSR count). The molecule has 2 N–H and O–H groups in total. The van der Waals surface area contributed by atoms with E-state index in [0.717, 1.165) is 31.4 Å². The van der Waals surface area contributed by atoms with Crippen molar-refractivity contribution in [2.45, 2.75) is 32.2 Å². The largest absolute Gasteiger partial charge is 0.483 e. The van der Waals surface area contributed by atoms with E-state index in [-0.39, 0.29) is 31.0 Å². The number of piperidine rings is 1. The first-order valence-electron chi connectivity index (χ1n) is 7.00. The quantitative estimate of drug-likeness (QED) is 0.922. The van der Waals surface area contributed by atoms with Crippen molar-refractivity contribution in [2.75, 3.05) is 19.7 Å². The van der Waals surface area contributed by atoms with Gasteiger partial charge in [0.15, 0.2) is 6.61 Å². The van der Waals surface area contributed by atoms with Gasteiger partial charge in [-0.25, -0.2) is 0 Å². The maximum absolute atomic E-state index is 12.2. The monoisotopic (exact) mass is 332 g/mol. The Morgan fingerprint density at radius 3 is 2.90 bits per heavy atom. The lowest BCUT2D eigenvalue weighted by atomic mass is 10.0. The smallest absolute Gasteiger partial charge is 0.260 e. The summed E-state index contributed by atoms with van der Waals surface area (Å²) in [6.45, 7) is 3.27. The molecular weight excluding hydrogens is 311 g/mol. The van der Waals surface area contributed by atoms with Crippen molar-refractivity contribution in [2.24, 2.45) is 5.73 Å². The Hall–Kier alpha value is -0.970. The molecule has 0 aliphatic carbocycles. The lowest BCUT2D eigenvalue weighted by Crippen LogP contribution is -2.49. The highest BCUT2D eigenvalue weighted by molar-refractivity contribution is 6.30. The first-order chi connectivity index (χ1) is 9.61. The molecule has 1 fully saturated rings. The number of hydrogen-bond donors (Lipinski definition) is 1. The van der Waals surface area contributed by atoms with Gasteiger partial charge < -0.3 is 15.4 Å². The number of halogens is 2. The van der Waals surface area contributed by atoms with Crippen molar-refractivity contribution >= 4 is 29.9 Å². The summed E-state index contributed by atoms with van der Waals surface area (Å²) in [5.41, 5.74) is 6.66. The molecule has 0 spiro atoms. The minimum Gasteiger partial charge on any atom is -0.483 e. The van der Waals surface area contributed by atoms with Crippen LogP contribution in [0.5, 0.6) is 5.75 Å². The zero-order valence-electron chi connectivity index (χ0n) is 12.2. The van der Waals surface area contributed by atoms with E-state index in [9.17, 15) is 4.79 Å². The number of nitrogens with zero attached hydrogens (tertiary/aromatic N) is 1. The van der Waals surface area contributed by atoms with Crippen molar-refractivity contribution in [1.82, 2.24) is 4.90 Å². The van der Waals surface area contributed by atoms with Gasteiger partial charge in [0.1, 0.15) is 5.75 Å². The molecule has 1 aromatic rings. The van der Waals surface area contributed by atoms with E-state index >= 15 is 0 Å². The van der Waals surface area contributed by atoms with Gasteiger partial charge in [0.05, 0.1) is 0 Å². The maximum Gasteiger partial charge on any atom is 0.260 e. The Morgan fingerprint density at radius 1 is 1.48 bits per heavy atom. The average Bonchev–Trinajstić information content (AvgIpc) is 2.46. The Bertz CT molecular complexity index is 483. The number of carbonyl (C=O) groups is 1. The molecule has 1 atom stereocenters. The predicted molar refractivity (Wildman–Crippen MR) is 87.3 cm³/mol. The van der Waals surface area contributed by atoms with Crippen LogP contribution in [0.15, 0.2) is 18.2 Å². The first-order valence-corrected chi connectivity index (χ1v) is 7.38. The second-order valence-corrected chi connectivity index (χ2v) is 5.61. The van der Waals surface area contributed by atoms with Crippen LogP contribution in [0.3, 0.4) is 0 Å². The van der Waals surface area contributed by atoms with Crippen molar-refractivity contribution in [3.8, 4) is 5.75 Å². The number of benzene rings is 1. The van der Waals surface area contributed by atoms with Gasteiger partial charge in [-0.3, -0.25) is 4.79 Å². The fourth-order valence-electron chi connectivity index (χ4n) is 2.57. The molecule has 0 aromatic heterocycles. The van der Waals surface area contributed by atoms with Crippen LogP contribution in [0.1, 0.15) is 24.8 Å². The molecule has 1 aromatic carbocycles. The number of hydrogen-bond acceptors (Lipinski definition) is 3. The summed E-state index contributed by atoms with van der Waals surface area (Å²) in [5.74, 6) is 0.707. The van der Waals surface area contributed by atoms with Gasteiger partial charge in [-0.05, 0) is 49.9 Å². The number of ether oxygens (including phenoxy) is 1. The SMILES string of the molecule is Cc1cc(Cl)ccc1OCC(=O)N1CCCCC1CN.Cl. The molecule has 1 aliphatic rings. The van der Waals surface area contributed by atoms with E-state index in [1.165, 1.54) is 0 Å². The molecule has 118 valence electrons. The van der Waals surface area contributed by atoms with E-state index in [4.69, 9.17) is 22.1 Å². The van der Waals surface area contributed by atoms with Gasteiger partial charge in [0.25, 0.3) is 5.91 Å². The van der Waals surface area contributed by atoms with Crippen LogP contribution in [0.2, 0.25) is 5.02 Å². The average molecular weight is 333 g/mol. The van der Waals surface area contributed by atoms with Crippen LogP contribution >= 0.6 is 24.0 Å². The second kappa shape index (κ2) is 8.47. The van der Waals surface area contributed by atoms with E-state index < -0.39 is 0 Å². The van der Waals surface area contributed by atoms with Crippen molar-refractivity contribution in [3.05, 3.63) is 28.8 Å². The lowest BCUT2D eigenvalue weighted by molar-refractivity contribution is -0.136. The Balaban J connectivity index is 0.00000220. The summed E-state index contributed by atoms with van der Waals surface area (Å²) in [7, 11) is 0. The maximum atomic E-state index is 12.2. The van der Waals surface area contributed by atoms with Gasteiger partial charge in [-0.2, -0.15) is 0 Å². The fraction of sp³-hybridized carbons (Fsp3) is 0.533. The van der Waals surface area contributed by atoms with Crippen LogP contribution in [-0.2, 0) is 4.79 Å². The number of aryl methyl sites for hydroxylation is 1. The normalized spacial score (nSPS) is 18.0. The highest BCUT2D eigenvalue weighted by Gasteiger charge is 2.25. The summed E-state index contributed by atoms with van der Waals surface area (Å²) in [6.07, 6.45) is 3.17. The molecule has 1 saturated heterocycles. The molecule has 1 unspecified atom stereocenters. The van der Waals surface area contributed by atoms with E-state index in [0.29, 0.717) is 17.3 Å². The number of nitrogens with two attached hydrogens (primary N) is 1. The number of rotatable bonds is 4. The first kappa shape index (κ1) is 18.1. The number of amides is 1. The molecule has 6 heteroatoms. The molecule has 0 saturated carbocycles. The van der Waals surface area contributed by atoms with E-state index in [1.807, 2.05) is 17.9 Å². The molecule has 1 amide bonds. The van der Waals surface area contributed by atoms with Gasteiger partial charge in [-0.15, -0.1) is 12.4 Å². The molecule has 21 heavy (non-hydrogen) atoms. The number of likely N-dealkylation sites (tertiary alicyclic amines) is 1. The van der Waals surface area contributed by atoms with E-state index in [2.05, 4.69) is 0 Å². The Labute approximate surface area is 137 Å². The minimum absolute atomic E-state index is 0. The standard InChI is InChI=1S/C15H21ClN2O2.ClH/c1-11-8-12(16)5-6-14(11)20-10-15(19)18-7-3-2-4-13(18)9-17;/h5-6,8,13H,2-4,7,9-10,17H2,1H3;1H. The van der Waals surface area contributed by atoms with E-state index in [1.54, 1.807) is 12.1 Å². The molecule has 1 aliphatic heterocycles. The third-order valence-corrected chi connectivity index (χ3v) is 3.94. The molecule has 4 nitrogen and oxygen atoms in total. The van der Waals surface area contributed by atoms with Gasteiger partial charge >= 0.3 is 0 Å². The van der Waals surface area contributed by atoms with Crippen LogP contribution in [0.25, 0.3) is 0 Å². The number of carbonyl (C=O) groups excluding carboxylic acids is 1. The summed E-state index contributed by atoms with van der Waals surface area (Å²) < 4.78 is 5.61. The van der Waals surface area contributed by atoms with Crippen LogP contribution in [0, 0.1) is 6.92 Å². The summed E-state index contributed by atoms with van der Waals surface area (Å²) >= 11 is 5.89. The fourth-order valence-corrected chi connectivity index (χ4v) is 2.80. The van der Waals surface area contributed by atoms with Crippen molar-refractivity contribution in [3.63, 3.8) is 0 Å². The highest BCUT2D eigenvalue weighted by atomic mass is 35.5. The van der Waals surface area contributed by atoms with Gasteiger partial charge in [0, 0.05) is 24.2 Å². The lowest BCUT2D eigenvalue weighted by Gasteiger charge is -2.35. The third kappa shape index (κ3) is 4.77. The molecule has 0 radical (unpaired) electrons. The van der Waals surface area contributed by atoms with Gasteiger partial charge in [0.2, 0.25) is 0 Å². The molecular formula is C15H22Cl2N2O2. The van der Waals surface area contributed by atoms with Crippen molar-refractivity contribution < 1.29 is 9.53 Å². The van der Waals surface area contributed by atoms with Crippen LogP contribution in [-0.4, -0.2) is 36.5 Å². The van der Waals surface area contributed by atoms with Gasteiger partial charge in [-0.1, -0.05) is 11.6 Å². The molecule has 1 heterocycles. The molecule has 0 bridgehead atoms. The Kier molecular flexibility index (Phi) is 7.29. The summed E-state index contributed by atoms with van der Waals surface area (Å²) in [4.78, 5) is 14.1. The third-order valence-electron chi connectivity index (χ3n) is 3.71. The second-order valence-electron chi connectivity index (χ2n) is 5.17. The minimum atomic E-state index is 0. The van der Waals surface area contributed by atoms with Crippen molar-refractivity contribution in [1.29, 1.82) is 0 Å². The van der Waals surface area contributed by atoms with Crippen LogP contribution in [0.4, 0.5) is 0 Å². The summed E-state index contributed by atoms with van der Waals surface area (Å²) in [6, 6.07) is 5.54. The zero-order valence-corrected chi connectivity index (χ0v) is 13.8. The topological polar surface area (TPSA) is 55.6 Å². The highest BCUT2D eigenvalue weighted by Crippen LogP contribution is 2.22. The van der Waals surface area contributed by atoms with Crippen LogP contribution < -0.4 is 10.5 Å². The Morgan fingerprint density at radius 2 is 2.24 bits per heavy atom. The predicted octanol–water partition coefficient (Wildman–Crippen LogP) is 2.79. The summed E-state index contributed by atoms with van der Waals surface area (Å²) in [5, 5.41) is 0.667.